The average molecular weight is 420 g/mol. The Hall–Kier alpha value is -1.59. The molecule has 5 aliphatic carbocycles. The van der Waals surface area contributed by atoms with E-state index in [1.807, 2.05) is 13.8 Å². The number of hydrogen-bond donors (Lipinski definition) is 0. The third-order valence-electron chi connectivity index (χ3n) is 9.89. The summed E-state index contributed by atoms with van der Waals surface area (Å²) in [6.07, 6.45) is 4.11. The quantitative estimate of drug-likeness (QED) is 0.617. The third-order valence-corrected chi connectivity index (χ3v) is 9.89. The number of Topliss-reactive ketones (excluding diaryl/α,β-unsaturated/α-hetero) is 1. The molecule has 164 valence electrons. The molecule has 0 saturated heterocycles. The van der Waals surface area contributed by atoms with Gasteiger partial charge < -0.3 is 4.74 Å². The van der Waals surface area contributed by atoms with Crippen LogP contribution in [-0.4, -0.2) is 29.1 Å². The van der Waals surface area contributed by atoms with Crippen LogP contribution in [-0.2, 0) is 19.1 Å². The molecular formula is C24H30F2O4. The summed E-state index contributed by atoms with van der Waals surface area (Å²) in [5.41, 5.74) is -2.45. The normalized spacial score (nSPS) is 50.4. The summed E-state index contributed by atoms with van der Waals surface area (Å²) in [6.45, 7) is 6.71. The van der Waals surface area contributed by atoms with Crippen LogP contribution in [0.2, 0.25) is 0 Å². The number of hydrogen-bond acceptors (Lipinski definition) is 4. The van der Waals surface area contributed by atoms with E-state index in [4.69, 9.17) is 4.74 Å². The molecular weight excluding hydrogens is 390 g/mol. The van der Waals surface area contributed by atoms with Crippen LogP contribution in [0.5, 0.6) is 0 Å². The van der Waals surface area contributed by atoms with E-state index >= 15 is 8.78 Å². The molecule has 0 heterocycles. The zero-order valence-corrected chi connectivity index (χ0v) is 18.1. The number of esters is 1. The second kappa shape index (κ2) is 5.80. The first-order chi connectivity index (χ1) is 13.9. The van der Waals surface area contributed by atoms with Gasteiger partial charge in [0.2, 0.25) is 0 Å². The van der Waals surface area contributed by atoms with Gasteiger partial charge in [-0.3, -0.25) is 14.4 Å². The van der Waals surface area contributed by atoms with Crippen molar-refractivity contribution in [1.29, 1.82) is 0 Å². The molecule has 30 heavy (non-hydrogen) atoms. The highest BCUT2D eigenvalue weighted by Gasteiger charge is 2.73. The molecule has 4 saturated carbocycles. The predicted molar refractivity (Wildman–Crippen MR) is 105 cm³/mol. The predicted octanol–water partition coefficient (Wildman–Crippen LogP) is 4.51. The number of ketones is 2. The van der Waals surface area contributed by atoms with Crippen molar-refractivity contribution >= 4 is 17.5 Å². The van der Waals surface area contributed by atoms with Crippen molar-refractivity contribution in [2.45, 2.75) is 77.7 Å². The number of fused-ring (bicyclic) bond motifs is 7. The summed E-state index contributed by atoms with van der Waals surface area (Å²) in [5, 5.41) is 0. The Morgan fingerprint density at radius 3 is 2.37 bits per heavy atom. The smallest absolute Gasteiger partial charge is 0.303 e. The Balaban J connectivity index is 1.58. The minimum Gasteiger partial charge on any atom is -0.451 e. The number of rotatable bonds is 2. The first kappa shape index (κ1) is 20.3. The van der Waals surface area contributed by atoms with Crippen molar-refractivity contribution < 1.29 is 27.9 Å². The SMILES string of the molecule is CC(=O)O[C@]1(C(C)=O)CC[C@H]2[C@@H]3CC(F)(F)C4=CC(=O)C5CC5[C@@]4(C)[C@@H]3CC[C@@]21C. The van der Waals surface area contributed by atoms with Gasteiger partial charge in [0.05, 0.1) is 0 Å². The molecule has 6 heteroatoms. The molecule has 4 fully saturated rings. The van der Waals surface area contributed by atoms with Gasteiger partial charge in [-0.25, -0.2) is 8.78 Å². The second-order valence-corrected chi connectivity index (χ2v) is 10.9. The molecule has 2 unspecified atom stereocenters. The zero-order valence-electron chi connectivity index (χ0n) is 18.1. The molecule has 0 aromatic carbocycles. The Bertz CT molecular complexity index is 894. The summed E-state index contributed by atoms with van der Waals surface area (Å²) < 4.78 is 36.7. The van der Waals surface area contributed by atoms with E-state index in [0.29, 0.717) is 25.7 Å². The monoisotopic (exact) mass is 420 g/mol. The van der Waals surface area contributed by atoms with Crippen molar-refractivity contribution in [3.8, 4) is 0 Å². The molecule has 0 bridgehead atoms. The molecule has 0 amide bonds. The van der Waals surface area contributed by atoms with Crippen molar-refractivity contribution in [2.75, 3.05) is 0 Å². The minimum absolute atomic E-state index is 0.0143. The van der Waals surface area contributed by atoms with Crippen LogP contribution in [0.4, 0.5) is 8.78 Å². The first-order valence-corrected chi connectivity index (χ1v) is 11.2. The van der Waals surface area contributed by atoms with Gasteiger partial charge in [0.15, 0.2) is 17.2 Å². The standard InChI is InChI=1S/C24H30F2O4/c1-12(27)23(30-13(2)28)8-6-16-15-11-24(25,26)20-10-19(29)14-9-18(14)22(20,4)17(15)5-7-21(16,23)3/h10,14-18H,5-9,11H2,1-4H3/t14?,15-,16-,17+,18?,21-,22+,23-/m0/s1. The molecule has 4 nitrogen and oxygen atoms in total. The lowest BCUT2D eigenvalue weighted by atomic mass is 9.45. The Morgan fingerprint density at radius 2 is 1.73 bits per heavy atom. The van der Waals surface area contributed by atoms with Crippen molar-refractivity contribution in [3.05, 3.63) is 11.6 Å². The molecule has 5 aliphatic rings. The van der Waals surface area contributed by atoms with Gasteiger partial charge in [-0.2, -0.15) is 0 Å². The molecule has 5 rings (SSSR count). The van der Waals surface area contributed by atoms with E-state index in [1.165, 1.54) is 19.9 Å². The van der Waals surface area contributed by atoms with Gasteiger partial charge in [0, 0.05) is 35.7 Å². The molecule has 0 radical (unpaired) electrons. The first-order valence-electron chi connectivity index (χ1n) is 11.2. The molecule has 0 aromatic heterocycles. The van der Waals surface area contributed by atoms with Crippen LogP contribution >= 0.6 is 0 Å². The van der Waals surface area contributed by atoms with Crippen molar-refractivity contribution in [3.63, 3.8) is 0 Å². The van der Waals surface area contributed by atoms with Crippen LogP contribution < -0.4 is 0 Å². The van der Waals surface area contributed by atoms with Crippen LogP contribution in [0.25, 0.3) is 0 Å². The van der Waals surface area contributed by atoms with Gasteiger partial charge in [-0.1, -0.05) is 13.8 Å². The van der Waals surface area contributed by atoms with E-state index < -0.39 is 28.3 Å². The highest BCUT2D eigenvalue weighted by atomic mass is 19.3. The largest absolute Gasteiger partial charge is 0.451 e. The zero-order chi connectivity index (χ0) is 21.9. The molecule has 0 N–H and O–H groups in total. The fourth-order valence-electron chi connectivity index (χ4n) is 8.54. The second-order valence-electron chi connectivity index (χ2n) is 10.9. The summed E-state index contributed by atoms with van der Waals surface area (Å²) in [4.78, 5) is 36.9. The number of allylic oxidation sites excluding steroid dienone is 1. The maximum Gasteiger partial charge on any atom is 0.303 e. The number of halogens is 2. The lowest BCUT2D eigenvalue weighted by Gasteiger charge is -2.60. The lowest BCUT2D eigenvalue weighted by molar-refractivity contribution is -0.193. The fraction of sp³-hybridized carbons (Fsp3) is 0.792. The van der Waals surface area contributed by atoms with Crippen LogP contribution in [0.15, 0.2) is 11.6 Å². The summed E-state index contributed by atoms with van der Waals surface area (Å²) in [5.74, 6) is -4.16. The van der Waals surface area contributed by atoms with Crippen molar-refractivity contribution in [1.82, 2.24) is 0 Å². The van der Waals surface area contributed by atoms with Gasteiger partial charge in [0.1, 0.15) is 0 Å². The van der Waals surface area contributed by atoms with E-state index in [-0.39, 0.29) is 53.1 Å². The third kappa shape index (κ3) is 2.23. The number of alkyl halides is 2. The Labute approximate surface area is 175 Å². The maximum absolute atomic E-state index is 15.5. The molecule has 0 aliphatic heterocycles. The fourth-order valence-corrected chi connectivity index (χ4v) is 8.54. The number of carbonyl (C=O) groups is 3. The highest BCUT2D eigenvalue weighted by Crippen LogP contribution is 2.74. The highest BCUT2D eigenvalue weighted by molar-refractivity contribution is 5.96. The Morgan fingerprint density at radius 1 is 1.07 bits per heavy atom. The van der Waals surface area contributed by atoms with Crippen LogP contribution in [0, 0.1) is 40.4 Å². The average Bonchev–Trinajstić information content (AvgIpc) is 3.38. The topological polar surface area (TPSA) is 60.4 Å². The molecule has 0 aromatic rings. The Kier molecular flexibility index (Phi) is 3.93. The van der Waals surface area contributed by atoms with Gasteiger partial charge >= 0.3 is 5.97 Å². The van der Waals surface area contributed by atoms with E-state index in [0.717, 1.165) is 6.42 Å². The van der Waals surface area contributed by atoms with Gasteiger partial charge in [-0.15, -0.1) is 0 Å². The summed E-state index contributed by atoms with van der Waals surface area (Å²) in [7, 11) is 0. The summed E-state index contributed by atoms with van der Waals surface area (Å²) >= 11 is 0. The van der Waals surface area contributed by atoms with E-state index in [1.54, 1.807) is 0 Å². The van der Waals surface area contributed by atoms with Gasteiger partial charge in [-0.05, 0) is 68.8 Å². The molecule has 0 spiro atoms. The molecule has 8 atom stereocenters. The minimum atomic E-state index is -3.01. The van der Waals surface area contributed by atoms with Crippen molar-refractivity contribution in [2.24, 2.45) is 40.4 Å². The number of carbonyl (C=O) groups excluding carboxylic acids is 3. The van der Waals surface area contributed by atoms with E-state index in [2.05, 4.69) is 0 Å². The summed E-state index contributed by atoms with van der Waals surface area (Å²) in [6, 6.07) is 0. The number of ether oxygens (including phenoxy) is 1. The van der Waals surface area contributed by atoms with Gasteiger partial charge in [0.25, 0.3) is 5.92 Å². The van der Waals surface area contributed by atoms with E-state index in [9.17, 15) is 14.4 Å². The lowest BCUT2D eigenvalue weighted by Crippen LogP contribution is -2.61. The maximum atomic E-state index is 15.5. The van der Waals surface area contributed by atoms with Crippen LogP contribution in [0.3, 0.4) is 0 Å². The van der Waals surface area contributed by atoms with Crippen LogP contribution in [0.1, 0.15) is 66.2 Å².